The average Bonchev–Trinajstić information content (AvgIpc) is 1.64. The minimum Gasteiger partial charge on any atom is -0.278 e. The van der Waals surface area contributed by atoms with Crippen LogP contribution in [-0.4, -0.2) is 11.2 Å². The number of aliphatic imine (C=N–C) groups is 1. The molecular formula is C6H8BrN. The van der Waals surface area contributed by atoms with E-state index in [4.69, 9.17) is 0 Å². The van der Waals surface area contributed by atoms with Gasteiger partial charge in [0.1, 0.15) is 4.95 Å². The maximum absolute atomic E-state index is 4.10. The van der Waals surface area contributed by atoms with E-state index in [1.807, 2.05) is 12.3 Å². The lowest BCUT2D eigenvalue weighted by Gasteiger charge is -2.06. The van der Waals surface area contributed by atoms with Crippen LogP contribution in [0, 0.1) is 0 Å². The van der Waals surface area contributed by atoms with Crippen molar-refractivity contribution < 1.29 is 0 Å². The van der Waals surface area contributed by atoms with Gasteiger partial charge >= 0.3 is 0 Å². The minimum absolute atomic E-state index is 0.326. The fraction of sp³-hybridized carbons (Fsp3) is 0.500. The highest BCUT2D eigenvalue weighted by Gasteiger charge is 2.02. The molecule has 1 aliphatic rings. The van der Waals surface area contributed by atoms with Gasteiger partial charge in [0.05, 0.1) is 0 Å². The molecule has 0 bridgehead atoms. The van der Waals surface area contributed by atoms with Gasteiger partial charge in [0.25, 0.3) is 0 Å². The molecule has 1 unspecified atom stereocenters. The van der Waals surface area contributed by atoms with Crippen molar-refractivity contribution in [2.24, 2.45) is 4.99 Å². The summed E-state index contributed by atoms with van der Waals surface area (Å²) in [7, 11) is 0. The molecule has 0 radical (unpaired) electrons. The molecular weight excluding hydrogens is 166 g/mol. The van der Waals surface area contributed by atoms with Crippen LogP contribution in [0.2, 0.25) is 0 Å². The Balaban J connectivity index is 2.59. The van der Waals surface area contributed by atoms with Crippen LogP contribution in [-0.2, 0) is 0 Å². The lowest BCUT2D eigenvalue weighted by molar-refractivity contribution is 0.897. The van der Waals surface area contributed by atoms with Crippen molar-refractivity contribution >= 4 is 22.1 Å². The Morgan fingerprint density at radius 1 is 1.88 bits per heavy atom. The van der Waals surface area contributed by atoms with E-state index in [0.717, 1.165) is 6.42 Å². The first-order chi connectivity index (χ1) is 3.79. The van der Waals surface area contributed by atoms with E-state index >= 15 is 0 Å². The van der Waals surface area contributed by atoms with Crippen molar-refractivity contribution in [3.8, 4) is 0 Å². The van der Waals surface area contributed by atoms with Crippen molar-refractivity contribution in [3.05, 3.63) is 11.6 Å². The molecule has 0 saturated heterocycles. The fourth-order valence-electron chi connectivity index (χ4n) is 0.650. The Morgan fingerprint density at radius 2 is 2.62 bits per heavy atom. The second-order valence-electron chi connectivity index (χ2n) is 1.95. The summed E-state index contributed by atoms with van der Waals surface area (Å²) in [6, 6.07) is 0. The summed E-state index contributed by atoms with van der Waals surface area (Å²) in [6.07, 6.45) is 4.94. The topological polar surface area (TPSA) is 12.4 Å². The predicted molar refractivity (Wildman–Crippen MR) is 39.6 cm³/mol. The van der Waals surface area contributed by atoms with E-state index in [0.29, 0.717) is 4.95 Å². The zero-order chi connectivity index (χ0) is 5.98. The van der Waals surface area contributed by atoms with Gasteiger partial charge in [-0.15, -0.1) is 0 Å². The molecule has 0 aromatic heterocycles. The van der Waals surface area contributed by atoms with Gasteiger partial charge in [-0.1, -0.05) is 21.5 Å². The maximum Gasteiger partial charge on any atom is 0.108 e. The summed E-state index contributed by atoms with van der Waals surface area (Å²) < 4.78 is 0. The van der Waals surface area contributed by atoms with E-state index in [9.17, 15) is 0 Å². The normalized spacial score (nSPS) is 27.8. The molecule has 0 aromatic carbocycles. The highest BCUT2D eigenvalue weighted by molar-refractivity contribution is 9.09. The Hall–Kier alpha value is -0.110. The molecule has 0 aromatic rings. The van der Waals surface area contributed by atoms with E-state index in [1.54, 1.807) is 0 Å². The van der Waals surface area contributed by atoms with Gasteiger partial charge in [0.2, 0.25) is 0 Å². The van der Waals surface area contributed by atoms with Crippen LogP contribution in [0.5, 0.6) is 0 Å². The summed E-state index contributed by atoms with van der Waals surface area (Å²) in [5.74, 6) is 0. The maximum atomic E-state index is 4.10. The number of alkyl halides is 1. The van der Waals surface area contributed by atoms with Gasteiger partial charge < -0.3 is 0 Å². The van der Waals surface area contributed by atoms with Crippen LogP contribution in [0.15, 0.2) is 16.6 Å². The molecule has 1 aliphatic heterocycles. The number of hydrogen-bond donors (Lipinski definition) is 0. The van der Waals surface area contributed by atoms with E-state index in [1.165, 1.54) is 5.57 Å². The Morgan fingerprint density at radius 3 is 3.00 bits per heavy atom. The summed E-state index contributed by atoms with van der Waals surface area (Å²) >= 11 is 3.39. The lowest BCUT2D eigenvalue weighted by atomic mass is 10.2. The number of rotatable bonds is 0. The van der Waals surface area contributed by atoms with Gasteiger partial charge in [-0.05, 0) is 13.0 Å². The molecule has 1 atom stereocenters. The Labute approximate surface area is 57.6 Å². The van der Waals surface area contributed by atoms with E-state index in [2.05, 4.69) is 27.8 Å². The fourth-order valence-corrected chi connectivity index (χ4v) is 1.30. The van der Waals surface area contributed by atoms with Crippen LogP contribution >= 0.6 is 15.9 Å². The first-order valence-corrected chi connectivity index (χ1v) is 3.53. The molecule has 0 N–H and O–H groups in total. The smallest absolute Gasteiger partial charge is 0.108 e. The first kappa shape index (κ1) is 6.02. The van der Waals surface area contributed by atoms with Crippen molar-refractivity contribution in [3.63, 3.8) is 0 Å². The van der Waals surface area contributed by atoms with Gasteiger partial charge in [-0.25, -0.2) is 0 Å². The number of hydrogen-bond acceptors (Lipinski definition) is 1. The molecule has 1 rings (SSSR count). The van der Waals surface area contributed by atoms with Crippen LogP contribution in [0.25, 0.3) is 0 Å². The number of halogens is 1. The van der Waals surface area contributed by atoms with Gasteiger partial charge in [-0.3, -0.25) is 4.99 Å². The second kappa shape index (κ2) is 2.44. The highest BCUT2D eigenvalue weighted by atomic mass is 79.9. The van der Waals surface area contributed by atoms with E-state index < -0.39 is 0 Å². The summed E-state index contributed by atoms with van der Waals surface area (Å²) in [4.78, 5) is 4.42. The molecule has 2 heteroatoms. The molecule has 44 valence electrons. The molecule has 0 saturated carbocycles. The summed E-state index contributed by atoms with van der Waals surface area (Å²) in [5, 5.41) is 0. The SMILES string of the molecule is CC1=CC=NC(Br)C1. The van der Waals surface area contributed by atoms with Crippen molar-refractivity contribution in [2.75, 3.05) is 0 Å². The third-order valence-corrected chi connectivity index (χ3v) is 1.66. The molecule has 1 nitrogen and oxygen atoms in total. The van der Waals surface area contributed by atoms with Crippen molar-refractivity contribution in [1.29, 1.82) is 0 Å². The van der Waals surface area contributed by atoms with Crippen molar-refractivity contribution in [2.45, 2.75) is 18.3 Å². The van der Waals surface area contributed by atoms with Crippen LogP contribution in [0.3, 0.4) is 0 Å². The molecule has 1 heterocycles. The van der Waals surface area contributed by atoms with Gasteiger partial charge in [0.15, 0.2) is 0 Å². The third kappa shape index (κ3) is 1.44. The first-order valence-electron chi connectivity index (χ1n) is 2.62. The Bertz CT molecular complexity index is 137. The van der Waals surface area contributed by atoms with Crippen molar-refractivity contribution in [1.82, 2.24) is 0 Å². The van der Waals surface area contributed by atoms with Crippen LogP contribution < -0.4 is 0 Å². The molecule has 0 fully saturated rings. The van der Waals surface area contributed by atoms with Gasteiger partial charge in [-0.2, -0.15) is 0 Å². The highest BCUT2D eigenvalue weighted by Crippen LogP contribution is 2.15. The Kier molecular flexibility index (Phi) is 1.84. The average molecular weight is 174 g/mol. The molecule has 0 aliphatic carbocycles. The minimum atomic E-state index is 0.326. The molecule has 0 amide bonds. The molecule has 8 heavy (non-hydrogen) atoms. The predicted octanol–water partition coefficient (Wildman–Crippen LogP) is 2.13. The lowest BCUT2D eigenvalue weighted by Crippen LogP contribution is -1.98. The second-order valence-corrected chi connectivity index (χ2v) is 3.01. The number of nitrogens with zero attached hydrogens (tertiary/aromatic N) is 1. The summed E-state index contributed by atoms with van der Waals surface area (Å²) in [5.41, 5.74) is 1.39. The quantitative estimate of drug-likeness (QED) is 0.394. The monoisotopic (exact) mass is 173 g/mol. The number of dihydropyridines is 1. The van der Waals surface area contributed by atoms with E-state index in [-0.39, 0.29) is 0 Å². The largest absolute Gasteiger partial charge is 0.278 e. The summed E-state index contributed by atoms with van der Waals surface area (Å²) in [6.45, 7) is 2.11. The standard InChI is InChI=1S/C6H8BrN/c1-5-2-3-8-6(7)4-5/h2-3,6H,4H2,1H3. The number of allylic oxidation sites excluding steroid dienone is 1. The zero-order valence-corrected chi connectivity index (χ0v) is 6.35. The van der Waals surface area contributed by atoms with Crippen LogP contribution in [0.1, 0.15) is 13.3 Å². The van der Waals surface area contributed by atoms with Gasteiger partial charge in [0, 0.05) is 12.6 Å². The third-order valence-electron chi connectivity index (χ3n) is 1.10. The van der Waals surface area contributed by atoms with Crippen LogP contribution in [0.4, 0.5) is 0 Å². The zero-order valence-electron chi connectivity index (χ0n) is 4.76. The molecule has 0 spiro atoms.